The Labute approximate surface area is 133 Å². The lowest BCUT2D eigenvalue weighted by Gasteiger charge is -2.23. The lowest BCUT2D eigenvalue weighted by Crippen LogP contribution is -2.44. The third-order valence-electron chi connectivity index (χ3n) is 4.69. The van der Waals surface area contributed by atoms with Gasteiger partial charge >= 0.3 is 6.09 Å². The number of nitrogens with one attached hydrogen (secondary N) is 2. The Kier molecular flexibility index (Phi) is 3.26. The number of fused-ring (bicyclic) bond motifs is 2. The Morgan fingerprint density at radius 2 is 2.14 bits per heavy atom. The number of alkyl carbamates (subject to hydrolysis) is 1. The van der Waals surface area contributed by atoms with Gasteiger partial charge in [0, 0.05) is 12.5 Å². The molecule has 2 bridgehead atoms. The Morgan fingerprint density at radius 1 is 1.32 bits per heavy atom. The molecular weight excluding hydrogens is 304 g/mol. The van der Waals surface area contributed by atoms with Crippen molar-refractivity contribution in [2.75, 3.05) is 0 Å². The average Bonchev–Trinajstić information content (AvgIpc) is 3.26. The third kappa shape index (κ3) is 2.54. The first kappa shape index (κ1) is 13.9. The van der Waals surface area contributed by atoms with Gasteiger partial charge in [0.1, 0.15) is 6.10 Å². The molecule has 3 atom stereocenters. The zero-order valence-electron chi connectivity index (χ0n) is 12.0. The number of carbonyl (C=O) groups excluding carboxylic acids is 2. The van der Waals surface area contributed by atoms with E-state index >= 15 is 0 Å². The van der Waals surface area contributed by atoms with Crippen LogP contribution in [0.25, 0.3) is 0 Å². The number of ether oxygens (including phenoxy) is 1. The molecule has 2 saturated carbocycles. The number of amides is 2. The predicted octanol–water partition coefficient (Wildman–Crippen LogP) is 2.59. The van der Waals surface area contributed by atoms with Crippen molar-refractivity contribution >= 4 is 23.6 Å². The molecule has 116 valence electrons. The van der Waals surface area contributed by atoms with E-state index in [0.29, 0.717) is 22.9 Å². The highest BCUT2D eigenvalue weighted by molar-refractivity contribution is 6.33. The van der Waals surface area contributed by atoms with Crippen LogP contribution in [-0.4, -0.2) is 30.2 Å². The van der Waals surface area contributed by atoms with Crippen LogP contribution in [0.5, 0.6) is 0 Å². The van der Waals surface area contributed by atoms with Crippen molar-refractivity contribution in [2.45, 2.75) is 49.8 Å². The van der Waals surface area contributed by atoms with Gasteiger partial charge in [0.2, 0.25) is 0 Å². The molecule has 22 heavy (non-hydrogen) atoms. The summed E-state index contributed by atoms with van der Waals surface area (Å²) in [5.74, 6) is 0.398. The van der Waals surface area contributed by atoms with E-state index in [1.54, 1.807) is 6.07 Å². The standard InChI is InChI=1S/C16H17ClN2O3/c17-12-5-9(8-1-2-8)3-4-11(12)15(20)19-13-6-10-7-14(13)22-16(21)18-10/h3-5,8,10,13-14H,1-2,6-7H2,(H,18,21)(H,19,20)/t10-,13-,14-/m1/s1. The summed E-state index contributed by atoms with van der Waals surface area (Å²) >= 11 is 6.26. The van der Waals surface area contributed by atoms with Gasteiger partial charge in [0.05, 0.1) is 16.6 Å². The minimum Gasteiger partial charge on any atom is -0.444 e. The van der Waals surface area contributed by atoms with Crippen LogP contribution >= 0.6 is 11.6 Å². The molecule has 1 aromatic carbocycles. The van der Waals surface area contributed by atoms with Crippen molar-refractivity contribution in [3.63, 3.8) is 0 Å². The van der Waals surface area contributed by atoms with Crippen molar-refractivity contribution in [3.8, 4) is 0 Å². The van der Waals surface area contributed by atoms with Gasteiger partial charge in [-0.25, -0.2) is 4.79 Å². The lowest BCUT2D eigenvalue weighted by atomic mass is 10.1. The molecule has 5 nitrogen and oxygen atoms in total. The van der Waals surface area contributed by atoms with Crippen molar-refractivity contribution in [1.29, 1.82) is 0 Å². The second-order valence-corrected chi connectivity index (χ2v) is 6.76. The summed E-state index contributed by atoms with van der Waals surface area (Å²) in [6, 6.07) is 5.59. The van der Waals surface area contributed by atoms with Gasteiger partial charge in [-0.05, 0) is 42.9 Å². The van der Waals surface area contributed by atoms with Crippen LogP contribution in [0.3, 0.4) is 0 Å². The first-order valence-electron chi connectivity index (χ1n) is 7.67. The molecule has 1 saturated heterocycles. The minimum absolute atomic E-state index is 0.0873. The van der Waals surface area contributed by atoms with Crippen LogP contribution in [0.4, 0.5) is 4.79 Å². The van der Waals surface area contributed by atoms with E-state index in [4.69, 9.17) is 16.3 Å². The summed E-state index contributed by atoms with van der Waals surface area (Å²) in [4.78, 5) is 23.8. The number of benzene rings is 1. The molecule has 2 aliphatic carbocycles. The fourth-order valence-electron chi connectivity index (χ4n) is 3.37. The van der Waals surface area contributed by atoms with E-state index in [2.05, 4.69) is 10.6 Å². The SMILES string of the molecule is O=C1N[C@@H]2C[C@@H](NC(=O)c3ccc(C4CC4)cc3Cl)[C@@H](C2)O1. The highest BCUT2D eigenvalue weighted by Gasteiger charge is 2.42. The minimum atomic E-state index is -0.398. The first-order valence-corrected chi connectivity index (χ1v) is 8.05. The zero-order chi connectivity index (χ0) is 15.3. The van der Waals surface area contributed by atoms with Crippen LogP contribution in [0.2, 0.25) is 5.02 Å². The van der Waals surface area contributed by atoms with Crippen LogP contribution in [-0.2, 0) is 4.74 Å². The summed E-state index contributed by atoms with van der Waals surface area (Å²) in [5, 5.41) is 6.19. The quantitative estimate of drug-likeness (QED) is 0.899. The first-order chi connectivity index (χ1) is 10.6. The van der Waals surface area contributed by atoms with Gasteiger partial charge in [-0.2, -0.15) is 0 Å². The Balaban J connectivity index is 1.47. The molecule has 1 aromatic rings. The summed E-state index contributed by atoms with van der Waals surface area (Å²) in [6.45, 7) is 0. The molecule has 0 aromatic heterocycles. The molecule has 6 heteroatoms. The molecule has 0 spiro atoms. The van der Waals surface area contributed by atoms with E-state index < -0.39 is 6.09 Å². The van der Waals surface area contributed by atoms with Gasteiger partial charge < -0.3 is 15.4 Å². The van der Waals surface area contributed by atoms with E-state index in [1.165, 1.54) is 18.4 Å². The smallest absolute Gasteiger partial charge is 0.407 e. The molecule has 3 aliphatic rings. The van der Waals surface area contributed by atoms with E-state index in [-0.39, 0.29) is 24.1 Å². The molecule has 3 fully saturated rings. The summed E-state index contributed by atoms with van der Waals surface area (Å²) in [5.41, 5.74) is 1.68. The number of hydrogen-bond acceptors (Lipinski definition) is 3. The molecule has 0 unspecified atom stereocenters. The molecular formula is C16H17ClN2O3. The maximum Gasteiger partial charge on any atom is 0.407 e. The second-order valence-electron chi connectivity index (χ2n) is 6.35. The van der Waals surface area contributed by atoms with E-state index in [9.17, 15) is 9.59 Å². The largest absolute Gasteiger partial charge is 0.444 e. The third-order valence-corrected chi connectivity index (χ3v) is 5.00. The number of halogens is 1. The Hall–Kier alpha value is -1.75. The number of carbonyl (C=O) groups is 2. The van der Waals surface area contributed by atoms with E-state index in [1.807, 2.05) is 12.1 Å². The maximum atomic E-state index is 12.4. The van der Waals surface area contributed by atoms with Gasteiger partial charge in [-0.1, -0.05) is 17.7 Å². The highest BCUT2D eigenvalue weighted by Crippen LogP contribution is 2.41. The molecule has 4 rings (SSSR count). The van der Waals surface area contributed by atoms with Crippen LogP contribution in [0, 0.1) is 0 Å². The molecule has 1 heterocycles. The van der Waals surface area contributed by atoms with Crippen molar-refractivity contribution in [1.82, 2.24) is 10.6 Å². The number of hydrogen-bond donors (Lipinski definition) is 2. The molecule has 2 N–H and O–H groups in total. The van der Waals surface area contributed by atoms with E-state index in [0.717, 1.165) is 6.42 Å². The maximum absolute atomic E-state index is 12.4. The molecule has 0 radical (unpaired) electrons. The predicted molar refractivity (Wildman–Crippen MR) is 81.1 cm³/mol. The Morgan fingerprint density at radius 3 is 2.86 bits per heavy atom. The zero-order valence-corrected chi connectivity index (χ0v) is 12.7. The Bertz CT molecular complexity index is 644. The highest BCUT2D eigenvalue weighted by atomic mass is 35.5. The van der Waals surface area contributed by atoms with Gasteiger partial charge in [-0.3, -0.25) is 4.79 Å². The summed E-state index contributed by atoms with van der Waals surface area (Å²) < 4.78 is 5.22. The normalized spacial score (nSPS) is 29.7. The molecule has 1 aliphatic heterocycles. The van der Waals surface area contributed by atoms with Gasteiger partial charge in [-0.15, -0.1) is 0 Å². The average molecular weight is 321 g/mol. The van der Waals surface area contributed by atoms with Crippen LogP contribution < -0.4 is 10.6 Å². The lowest BCUT2D eigenvalue weighted by molar-refractivity contribution is 0.0660. The number of rotatable bonds is 3. The van der Waals surface area contributed by atoms with Crippen molar-refractivity contribution in [2.24, 2.45) is 0 Å². The fourth-order valence-corrected chi connectivity index (χ4v) is 3.64. The summed E-state index contributed by atoms with van der Waals surface area (Å²) in [6.07, 6.45) is 3.19. The topological polar surface area (TPSA) is 67.4 Å². The summed E-state index contributed by atoms with van der Waals surface area (Å²) in [7, 11) is 0. The molecule has 2 amide bonds. The van der Waals surface area contributed by atoms with Gasteiger partial charge in [0.15, 0.2) is 0 Å². The van der Waals surface area contributed by atoms with Gasteiger partial charge in [0.25, 0.3) is 5.91 Å². The monoisotopic (exact) mass is 320 g/mol. The second kappa shape index (κ2) is 5.16. The fraction of sp³-hybridized carbons (Fsp3) is 0.500. The van der Waals surface area contributed by atoms with Crippen molar-refractivity contribution in [3.05, 3.63) is 34.3 Å². The van der Waals surface area contributed by atoms with Crippen LogP contribution in [0.1, 0.15) is 47.5 Å². The van der Waals surface area contributed by atoms with Crippen LogP contribution in [0.15, 0.2) is 18.2 Å². The van der Waals surface area contributed by atoms with Crippen molar-refractivity contribution < 1.29 is 14.3 Å².